The molecule has 0 aromatic carbocycles. The van der Waals surface area contributed by atoms with Gasteiger partial charge in [-0.15, -0.1) is 0 Å². The largest absolute Gasteiger partial charge is 0.462 e. The van der Waals surface area contributed by atoms with Gasteiger partial charge >= 0.3 is 17.9 Å². The van der Waals surface area contributed by atoms with E-state index in [1.54, 1.807) is 0 Å². The normalized spacial score (nSPS) is 12.5. The molecule has 6 heteroatoms. The van der Waals surface area contributed by atoms with E-state index >= 15 is 0 Å². The van der Waals surface area contributed by atoms with Gasteiger partial charge in [-0.2, -0.15) is 0 Å². The Balaban J connectivity index is 4.22. The summed E-state index contributed by atoms with van der Waals surface area (Å²) in [5.41, 5.74) is 0. The minimum Gasteiger partial charge on any atom is -0.462 e. The third-order valence-electron chi connectivity index (χ3n) is 13.4. The average molecular weight is 1010 g/mol. The zero-order valence-electron chi connectivity index (χ0n) is 47.7. The molecule has 0 N–H and O–H groups in total. The molecule has 6 nitrogen and oxygen atoms in total. The Bertz CT molecular complexity index is 1340. The third kappa shape index (κ3) is 57.7. The van der Waals surface area contributed by atoms with E-state index in [1.807, 2.05) is 0 Å². The van der Waals surface area contributed by atoms with Crippen LogP contribution >= 0.6 is 0 Å². The number of carbonyl (C=O) groups excluding carboxylic acids is 3. The Morgan fingerprint density at radius 2 is 0.542 bits per heavy atom. The molecule has 0 radical (unpaired) electrons. The SMILES string of the molecule is CC/C=C\C/C=C\C/C=C\C/C=C\C/C=C\CCCCCCCCCCCCCC(=O)OCC(COC(=O)CCCCCCCCCCCC)OC(=O)CCCCCCCCC/C=C\CCCCCCCC. The molecule has 0 bridgehead atoms. The van der Waals surface area contributed by atoms with Crippen LogP contribution in [0, 0.1) is 0 Å². The maximum absolute atomic E-state index is 12.9. The summed E-state index contributed by atoms with van der Waals surface area (Å²) in [5, 5.41) is 0. The van der Waals surface area contributed by atoms with Crippen molar-refractivity contribution >= 4 is 17.9 Å². The van der Waals surface area contributed by atoms with Gasteiger partial charge < -0.3 is 14.2 Å². The highest BCUT2D eigenvalue weighted by molar-refractivity contribution is 5.71. The molecule has 0 aromatic heterocycles. The minimum absolute atomic E-state index is 0.0745. The van der Waals surface area contributed by atoms with Crippen molar-refractivity contribution in [2.24, 2.45) is 0 Å². The second kappa shape index (κ2) is 60.4. The Kier molecular flexibility index (Phi) is 57.8. The van der Waals surface area contributed by atoms with Crippen molar-refractivity contribution in [1.29, 1.82) is 0 Å². The van der Waals surface area contributed by atoms with E-state index in [9.17, 15) is 14.4 Å². The molecule has 0 rings (SSSR count). The summed E-state index contributed by atoms with van der Waals surface area (Å²) in [7, 11) is 0. The van der Waals surface area contributed by atoms with Crippen LogP contribution in [0.2, 0.25) is 0 Å². The lowest BCUT2D eigenvalue weighted by molar-refractivity contribution is -0.167. The van der Waals surface area contributed by atoms with Crippen LogP contribution in [-0.4, -0.2) is 37.2 Å². The molecule has 0 heterocycles. The van der Waals surface area contributed by atoms with Gasteiger partial charge in [0.15, 0.2) is 6.10 Å². The molecule has 0 amide bonds. The van der Waals surface area contributed by atoms with Crippen molar-refractivity contribution < 1.29 is 28.6 Å². The first-order chi connectivity index (χ1) is 35.5. The Hall–Kier alpha value is -3.15. The Labute approximate surface area is 446 Å². The molecule has 0 aliphatic carbocycles. The predicted octanol–water partition coefficient (Wildman–Crippen LogP) is 20.9. The van der Waals surface area contributed by atoms with Gasteiger partial charge in [0.05, 0.1) is 0 Å². The predicted molar refractivity (Wildman–Crippen MR) is 311 cm³/mol. The number of carbonyl (C=O) groups is 3. The monoisotopic (exact) mass is 1000 g/mol. The second-order valence-electron chi connectivity index (χ2n) is 20.6. The maximum atomic E-state index is 12.9. The van der Waals surface area contributed by atoms with E-state index in [0.29, 0.717) is 19.3 Å². The topological polar surface area (TPSA) is 78.9 Å². The van der Waals surface area contributed by atoms with Crippen LogP contribution in [0.4, 0.5) is 0 Å². The number of allylic oxidation sites excluding steroid dienone is 12. The van der Waals surface area contributed by atoms with Crippen LogP contribution in [0.25, 0.3) is 0 Å². The molecule has 1 unspecified atom stereocenters. The molecule has 0 saturated heterocycles. The fourth-order valence-corrected chi connectivity index (χ4v) is 8.82. The lowest BCUT2D eigenvalue weighted by atomic mass is 10.0. The summed E-state index contributed by atoms with van der Waals surface area (Å²) >= 11 is 0. The van der Waals surface area contributed by atoms with Gasteiger partial charge in [0.1, 0.15) is 13.2 Å². The zero-order chi connectivity index (χ0) is 52.2. The molecule has 0 aliphatic heterocycles. The van der Waals surface area contributed by atoms with Crippen molar-refractivity contribution in [3.8, 4) is 0 Å². The summed E-state index contributed by atoms with van der Waals surface area (Å²) < 4.78 is 16.9. The quantitative estimate of drug-likeness (QED) is 0.0261. The molecule has 416 valence electrons. The molecule has 0 aromatic rings. The summed E-state index contributed by atoms with van der Waals surface area (Å²) in [6.45, 7) is 6.53. The number of unbranched alkanes of at least 4 members (excludes halogenated alkanes) is 33. The van der Waals surface area contributed by atoms with Gasteiger partial charge in [-0.05, 0) is 89.9 Å². The van der Waals surface area contributed by atoms with Crippen molar-refractivity contribution in [2.45, 2.75) is 316 Å². The molecule has 0 saturated carbocycles. The Morgan fingerprint density at radius 1 is 0.292 bits per heavy atom. The standard InChI is InChI=1S/C66H116O6/c1-4-7-10-13-16-19-22-24-26-28-29-30-31-32-33-34-35-36-37-39-40-42-44-47-50-53-56-59-65(68)71-62-63(61-70-64(67)58-55-52-49-46-21-18-15-12-9-6-3)72-66(69)60-57-54-51-48-45-43-41-38-27-25-23-20-17-14-11-8-5-2/h7,10,16,19,24-27,29-30,32-33,63H,4-6,8-9,11-15,17-18,20-23,28,31,34-62H2,1-3H3/b10-7-,19-16-,26-24-,27-25-,30-29-,33-32-. The van der Waals surface area contributed by atoms with Crippen molar-refractivity contribution in [2.75, 3.05) is 13.2 Å². The van der Waals surface area contributed by atoms with E-state index < -0.39 is 6.10 Å². The maximum Gasteiger partial charge on any atom is 0.306 e. The van der Waals surface area contributed by atoms with Gasteiger partial charge in [0, 0.05) is 19.3 Å². The first-order valence-corrected chi connectivity index (χ1v) is 30.9. The number of hydrogen-bond acceptors (Lipinski definition) is 6. The van der Waals surface area contributed by atoms with E-state index in [-0.39, 0.29) is 31.1 Å². The van der Waals surface area contributed by atoms with Gasteiger partial charge in [-0.25, -0.2) is 0 Å². The molecule has 0 aliphatic rings. The Morgan fingerprint density at radius 3 is 0.861 bits per heavy atom. The smallest absolute Gasteiger partial charge is 0.306 e. The van der Waals surface area contributed by atoms with Crippen LogP contribution in [0.15, 0.2) is 72.9 Å². The number of ether oxygens (including phenoxy) is 3. The summed E-state index contributed by atoms with van der Waals surface area (Å²) in [5.74, 6) is -0.871. The van der Waals surface area contributed by atoms with Gasteiger partial charge in [-0.1, -0.05) is 273 Å². The van der Waals surface area contributed by atoms with Gasteiger partial charge in [0.2, 0.25) is 0 Å². The lowest BCUT2D eigenvalue weighted by Gasteiger charge is -2.18. The lowest BCUT2D eigenvalue weighted by Crippen LogP contribution is -2.30. The van der Waals surface area contributed by atoms with E-state index in [2.05, 4.69) is 93.7 Å². The van der Waals surface area contributed by atoms with Crippen LogP contribution < -0.4 is 0 Å². The second-order valence-corrected chi connectivity index (χ2v) is 20.6. The fourth-order valence-electron chi connectivity index (χ4n) is 8.82. The van der Waals surface area contributed by atoms with Crippen LogP contribution in [-0.2, 0) is 28.6 Å². The molecule has 0 fully saturated rings. The third-order valence-corrected chi connectivity index (χ3v) is 13.4. The average Bonchev–Trinajstić information content (AvgIpc) is 3.38. The van der Waals surface area contributed by atoms with Gasteiger partial charge in [-0.3, -0.25) is 14.4 Å². The van der Waals surface area contributed by atoms with Crippen molar-refractivity contribution in [3.05, 3.63) is 72.9 Å². The first-order valence-electron chi connectivity index (χ1n) is 30.9. The van der Waals surface area contributed by atoms with E-state index in [1.165, 1.54) is 180 Å². The van der Waals surface area contributed by atoms with E-state index in [0.717, 1.165) is 89.9 Å². The highest BCUT2D eigenvalue weighted by Gasteiger charge is 2.19. The van der Waals surface area contributed by atoms with E-state index in [4.69, 9.17) is 14.2 Å². The van der Waals surface area contributed by atoms with Crippen LogP contribution in [0.3, 0.4) is 0 Å². The van der Waals surface area contributed by atoms with Gasteiger partial charge in [0.25, 0.3) is 0 Å². The summed E-state index contributed by atoms with van der Waals surface area (Å²) in [6.07, 6.45) is 77.6. The molecular formula is C66H116O6. The van der Waals surface area contributed by atoms with Crippen LogP contribution in [0.5, 0.6) is 0 Å². The molecule has 72 heavy (non-hydrogen) atoms. The van der Waals surface area contributed by atoms with Crippen molar-refractivity contribution in [3.63, 3.8) is 0 Å². The number of esters is 3. The molecular weight excluding hydrogens is 889 g/mol. The molecule has 1 atom stereocenters. The highest BCUT2D eigenvalue weighted by Crippen LogP contribution is 2.16. The van der Waals surface area contributed by atoms with Crippen molar-refractivity contribution in [1.82, 2.24) is 0 Å². The fraction of sp³-hybridized carbons (Fsp3) is 0.773. The zero-order valence-corrected chi connectivity index (χ0v) is 47.7. The molecule has 0 spiro atoms. The number of rotatable bonds is 56. The number of hydrogen-bond donors (Lipinski definition) is 0. The van der Waals surface area contributed by atoms with Crippen LogP contribution in [0.1, 0.15) is 310 Å². The summed E-state index contributed by atoms with van der Waals surface area (Å²) in [6, 6.07) is 0. The summed E-state index contributed by atoms with van der Waals surface area (Å²) in [4.78, 5) is 38.2. The first kappa shape index (κ1) is 68.8. The minimum atomic E-state index is -0.776. The highest BCUT2D eigenvalue weighted by atomic mass is 16.6.